The molecular formula is C33H47N3O7. The number of ether oxygens (including phenoxy) is 3. The highest BCUT2D eigenvalue weighted by molar-refractivity contribution is 5.75. The second-order valence-corrected chi connectivity index (χ2v) is 11.6. The molecule has 0 bridgehead atoms. The van der Waals surface area contributed by atoms with E-state index in [1.54, 1.807) is 12.6 Å². The fourth-order valence-electron chi connectivity index (χ4n) is 5.87. The number of rotatable bonds is 16. The van der Waals surface area contributed by atoms with E-state index >= 15 is 0 Å². The Bertz CT molecular complexity index is 1130. The van der Waals surface area contributed by atoms with Crippen molar-refractivity contribution in [3.8, 4) is 0 Å². The average Bonchev–Trinajstić information content (AvgIpc) is 3.48. The lowest BCUT2D eigenvalue weighted by atomic mass is 9.99. The van der Waals surface area contributed by atoms with Crippen LogP contribution in [0.1, 0.15) is 92.4 Å². The molecule has 4 rings (SSSR count). The zero-order valence-corrected chi connectivity index (χ0v) is 25.2. The number of hydrogen-bond acceptors (Lipinski definition) is 8. The van der Waals surface area contributed by atoms with Gasteiger partial charge < -0.3 is 24.6 Å². The maximum absolute atomic E-state index is 12.3. The third kappa shape index (κ3) is 10.4. The summed E-state index contributed by atoms with van der Waals surface area (Å²) in [6.07, 6.45) is 6.28. The van der Waals surface area contributed by atoms with E-state index in [9.17, 15) is 14.7 Å². The second-order valence-electron chi connectivity index (χ2n) is 11.6. The van der Waals surface area contributed by atoms with Crippen molar-refractivity contribution < 1.29 is 34.1 Å². The number of carbonyl (C=O) groups excluding carboxylic acids is 2. The van der Waals surface area contributed by atoms with E-state index in [0.717, 1.165) is 80.5 Å². The van der Waals surface area contributed by atoms with E-state index in [0.29, 0.717) is 31.8 Å². The van der Waals surface area contributed by atoms with E-state index in [4.69, 9.17) is 19.4 Å². The van der Waals surface area contributed by atoms with E-state index in [-0.39, 0.29) is 30.6 Å². The third-order valence-electron chi connectivity index (χ3n) is 8.34. The number of methoxy groups -OCH3 is 1. The molecule has 10 heteroatoms. The highest BCUT2D eigenvalue weighted by Crippen LogP contribution is 2.38. The normalized spacial score (nSPS) is 22.4. The number of carbonyl (C=O) groups is 2. The molecular weight excluding hydrogens is 550 g/mol. The SMILES string of the molecule is COCC1CCCN1CC1CC(c2ccc(CO)cc2)OC(c2ccc(CNC(=O)CCCCCCC(=O)NO)cc2)O1. The molecule has 43 heavy (non-hydrogen) atoms. The summed E-state index contributed by atoms with van der Waals surface area (Å²) in [5, 5.41) is 21.0. The van der Waals surface area contributed by atoms with Crippen molar-refractivity contribution in [3.05, 3.63) is 70.8 Å². The maximum atomic E-state index is 12.3. The zero-order chi connectivity index (χ0) is 30.4. The molecule has 4 unspecified atom stereocenters. The standard InChI is InChI=1S/C33H47N3O7/c1-41-23-28-7-6-18-36(28)21-29-19-30(26-14-12-25(22-37)13-15-26)43-33(42-29)27-16-10-24(11-17-27)20-34-31(38)8-4-2-3-5-9-32(39)35-40/h10-17,28-30,33,37,40H,2-9,18-23H2,1H3,(H,34,38)(H,35,39). The summed E-state index contributed by atoms with van der Waals surface area (Å²) in [4.78, 5) is 25.8. The number of hydrogen-bond donors (Lipinski definition) is 4. The molecule has 0 saturated carbocycles. The third-order valence-corrected chi connectivity index (χ3v) is 8.34. The van der Waals surface area contributed by atoms with Gasteiger partial charge in [0, 0.05) is 51.1 Å². The molecule has 236 valence electrons. The summed E-state index contributed by atoms with van der Waals surface area (Å²) in [7, 11) is 1.76. The van der Waals surface area contributed by atoms with Crippen LogP contribution in [0, 0.1) is 0 Å². The Balaban J connectivity index is 1.31. The van der Waals surface area contributed by atoms with Crippen LogP contribution in [-0.2, 0) is 37.0 Å². The van der Waals surface area contributed by atoms with Crippen molar-refractivity contribution in [1.82, 2.24) is 15.7 Å². The minimum atomic E-state index is -0.517. The van der Waals surface area contributed by atoms with Gasteiger partial charge in [0.1, 0.15) is 0 Å². The van der Waals surface area contributed by atoms with Gasteiger partial charge in [-0.1, -0.05) is 61.4 Å². The van der Waals surface area contributed by atoms with Crippen molar-refractivity contribution >= 4 is 11.8 Å². The van der Waals surface area contributed by atoms with Gasteiger partial charge >= 0.3 is 0 Å². The van der Waals surface area contributed by atoms with Crippen LogP contribution < -0.4 is 10.8 Å². The average molecular weight is 598 g/mol. The van der Waals surface area contributed by atoms with E-state index in [1.807, 2.05) is 48.5 Å². The lowest BCUT2D eigenvalue weighted by molar-refractivity contribution is -0.253. The Labute approximate surface area is 254 Å². The fourth-order valence-corrected chi connectivity index (χ4v) is 5.87. The number of hydroxylamine groups is 1. The monoisotopic (exact) mass is 597 g/mol. The van der Waals surface area contributed by atoms with Gasteiger partial charge in [-0.05, 0) is 48.9 Å². The number of nitrogens with one attached hydrogen (secondary N) is 2. The molecule has 2 aromatic rings. The minimum Gasteiger partial charge on any atom is -0.392 e. The first kappa shape index (κ1) is 33.0. The Kier molecular flexibility index (Phi) is 13.4. The van der Waals surface area contributed by atoms with E-state index in [2.05, 4.69) is 10.2 Å². The summed E-state index contributed by atoms with van der Waals surface area (Å²) in [5.41, 5.74) is 5.50. The summed E-state index contributed by atoms with van der Waals surface area (Å²) in [6, 6.07) is 16.4. The molecule has 2 aromatic carbocycles. The van der Waals surface area contributed by atoms with Crippen molar-refractivity contribution in [3.63, 3.8) is 0 Å². The van der Waals surface area contributed by atoms with Crippen LogP contribution in [0.5, 0.6) is 0 Å². The van der Waals surface area contributed by atoms with Crippen molar-refractivity contribution in [2.45, 2.75) is 95.5 Å². The van der Waals surface area contributed by atoms with Gasteiger partial charge in [0.2, 0.25) is 11.8 Å². The molecule has 2 heterocycles. The molecule has 4 atom stereocenters. The topological polar surface area (TPSA) is 130 Å². The zero-order valence-electron chi connectivity index (χ0n) is 25.2. The molecule has 0 spiro atoms. The number of aliphatic hydroxyl groups excluding tert-OH is 1. The Hall–Kier alpha value is -2.86. The Morgan fingerprint density at radius 1 is 0.930 bits per heavy atom. The number of amides is 2. The van der Waals surface area contributed by atoms with Gasteiger partial charge in [-0.25, -0.2) is 5.48 Å². The second kappa shape index (κ2) is 17.4. The lowest BCUT2D eigenvalue weighted by Gasteiger charge is -2.38. The van der Waals surface area contributed by atoms with Crippen molar-refractivity contribution in [1.29, 1.82) is 0 Å². The molecule has 2 saturated heterocycles. The molecule has 2 aliphatic heterocycles. The molecule has 0 radical (unpaired) electrons. The van der Waals surface area contributed by atoms with Crippen LogP contribution in [0.4, 0.5) is 0 Å². The Morgan fingerprint density at radius 2 is 1.60 bits per heavy atom. The highest BCUT2D eigenvalue weighted by atomic mass is 16.7. The minimum absolute atomic E-state index is 0.00251. The number of benzene rings is 2. The van der Waals surface area contributed by atoms with Gasteiger partial charge in [0.25, 0.3) is 0 Å². The first-order valence-corrected chi connectivity index (χ1v) is 15.5. The fraction of sp³-hybridized carbons (Fsp3) is 0.576. The smallest absolute Gasteiger partial charge is 0.243 e. The van der Waals surface area contributed by atoms with Crippen molar-refractivity contribution in [2.24, 2.45) is 0 Å². The van der Waals surface area contributed by atoms with Crippen LogP contribution >= 0.6 is 0 Å². The van der Waals surface area contributed by atoms with Gasteiger partial charge in [-0.15, -0.1) is 0 Å². The lowest BCUT2D eigenvalue weighted by Crippen LogP contribution is -2.42. The highest BCUT2D eigenvalue weighted by Gasteiger charge is 2.35. The van der Waals surface area contributed by atoms with Crippen molar-refractivity contribution in [2.75, 3.05) is 26.8 Å². The predicted octanol–water partition coefficient (Wildman–Crippen LogP) is 4.30. The molecule has 0 aliphatic carbocycles. The quantitative estimate of drug-likeness (QED) is 0.128. The van der Waals surface area contributed by atoms with Gasteiger partial charge in [-0.3, -0.25) is 19.7 Å². The van der Waals surface area contributed by atoms with Crippen LogP contribution in [0.2, 0.25) is 0 Å². The molecule has 2 fully saturated rings. The first-order chi connectivity index (χ1) is 21.0. The maximum Gasteiger partial charge on any atom is 0.243 e. The van der Waals surface area contributed by atoms with Crippen LogP contribution in [0.3, 0.4) is 0 Å². The van der Waals surface area contributed by atoms with Gasteiger partial charge in [-0.2, -0.15) is 0 Å². The van der Waals surface area contributed by atoms with Crippen LogP contribution in [0.25, 0.3) is 0 Å². The first-order valence-electron chi connectivity index (χ1n) is 15.5. The van der Waals surface area contributed by atoms with Crippen LogP contribution in [-0.4, -0.2) is 66.0 Å². The molecule has 4 N–H and O–H groups in total. The number of likely N-dealkylation sites (tertiary alicyclic amines) is 1. The van der Waals surface area contributed by atoms with Crippen LogP contribution in [0.15, 0.2) is 48.5 Å². The van der Waals surface area contributed by atoms with Gasteiger partial charge in [0.05, 0.1) is 25.4 Å². The predicted molar refractivity (Wildman–Crippen MR) is 161 cm³/mol. The molecule has 0 aromatic heterocycles. The van der Waals surface area contributed by atoms with E-state index in [1.165, 1.54) is 0 Å². The number of unbranched alkanes of at least 4 members (excludes halogenated alkanes) is 3. The Morgan fingerprint density at radius 3 is 2.28 bits per heavy atom. The number of nitrogens with zero attached hydrogens (tertiary/aromatic N) is 1. The number of aliphatic hydroxyl groups is 1. The summed E-state index contributed by atoms with van der Waals surface area (Å²) >= 11 is 0. The molecule has 2 aliphatic rings. The molecule has 10 nitrogen and oxygen atoms in total. The molecule has 2 amide bonds. The summed E-state index contributed by atoms with van der Waals surface area (Å²) in [5.74, 6) is -0.376. The van der Waals surface area contributed by atoms with Gasteiger partial charge in [0.15, 0.2) is 6.29 Å². The van der Waals surface area contributed by atoms with E-state index < -0.39 is 6.29 Å². The largest absolute Gasteiger partial charge is 0.392 e. The summed E-state index contributed by atoms with van der Waals surface area (Å²) in [6.45, 7) is 3.04. The summed E-state index contributed by atoms with van der Waals surface area (Å²) < 4.78 is 18.5.